The van der Waals surface area contributed by atoms with E-state index >= 15 is 0 Å². The molecule has 0 amide bonds. The molecule has 0 aliphatic heterocycles. The van der Waals surface area contributed by atoms with Crippen LogP contribution >= 0.6 is 0 Å². The lowest BCUT2D eigenvalue weighted by atomic mass is 9.58. The first kappa shape index (κ1) is 8.31. The molecular formula is C11H19N. The van der Waals surface area contributed by atoms with Crippen LogP contribution in [0.5, 0.6) is 0 Å². The molecule has 0 aromatic carbocycles. The van der Waals surface area contributed by atoms with E-state index in [0.717, 1.165) is 5.92 Å². The maximum atomic E-state index is 5.92. The van der Waals surface area contributed by atoms with E-state index in [-0.39, 0.29) is 0 Å². The van der Waals surface area contributed by atoms with Crippen LogP contribution in [0, 0.1) is 17.3 Å². The summed E-state index contributed by atoms with van der Waals surface area (Å²) in [5, 5.41) is 0. The van der Waals surface area contributed by atoms with Crippen LogP contribution < -0.4 is 5.73 Å². The Kier molecular flexibility index (Phi) is 1.63. The topological polar surface area (TPSA) is 26.0 Å². The lowest BCUT2D eigenvalue weighted by Gasteiger charge is -2.47. The van der Waals surface area contributed by atoms with E-state index in [1.165, 1.54) is 12.8 Å². The van der Waals surface area contributed by atoms with Crippen molar-refractivity contribution >= 4 is 0 Å². The molecule has 1 heteroatoms. The second-order valence-electron chi connectivity index (χ2n) is 5.03. The molecule has 2 rings (SSSR count). The SMILES string of the molecule is CC1C=C2C(C(C)N)CC2(C)C1. The van der Waals surface area contributed by atoms with Crippen LogP contribution in [-0.2, 0) is 0 Å². The molecule has 0 radical (unpaired) electrons. The van der Waals surface area contributed by atoms with Crippen LogP contribution in [-0.4, -0.2) is 6.04 Å². The highest BCUT2D eigenvalue weighted by Crippen LogP contribution is 2.59. The van der Waals surface area contributed by atoms with Crippen LogP contribution in [0.15, 0.2) is 11.6 Å². The summed E-state index contributed by atoms with van der Waals surface area (Å²) in [5.74, 6) is 1.48. The monoisotopic (exact) mass is 165 g/mol. The van der Waals surface area contributed by atoms with Crippen LogP contribution in [0.4, 0.5) is 0 Å². The molecule has 4 atom stereocenters. The van der Waals surface area contributed by atoms with Gasteiger partial charge in [-0.15, -0.1) is 0 Å². The Morgan fingerprint density at radius 1 is 1.58 bits per heavy atom. The minimum absolute atomic E-state index is 0.356. The van der Waals surface area contributed by atoms with E-state index in [4.69, 9.17) is 5.73 Å². The quantitative estimate of drug-likeness (QED) is 0.593. The predicted octanol–water partition coefficient (Wildman–Crippen LogP) is 2.33. The van der Waals surface area contributed by atoms with Gasteiger partial charge in [-0.3, -0.25) is 0 Å². The van der Waals surface area contributed by atoms with Gasteiger partial charge in [-0.05, 0) is 37.0 Å². The molecule has 0 spiro atoms. The molecule has 1 nitrogen and oxygen atoms in total. The van der Waals surface area contributed by atoms with Gasteiger partial charge < -0.3 is 5.73 Å². The highest BCUT2D eigenvalue weighted by molar-refractivity contribution is 5.33. The molecular weight excluding hydrogens is 146 g/mol. The summed E-state index contributed by atoms with van der Waals surface area (Å²) in [7, 11) is 0. The Labute approximate surface area is 75.0 Å². The van der Waals surface area contributed by atoms with Crippen molar-refractivity contribution in [1.82, 2.24) is 0 Å². The molecule has 2 N–H and O–H groups in total. The van der Waals surface area contributed by atoms with Gasteiger partial charge in [-0.2, -0.15) is 0 Å². The average Bonchev–Trinajstić information content (AvgIpc) is 2.13. The number of hydrogen-bond donors (Lipinski definition) is 1. The molecule has 4 unspecified atom stereocenters. The Balaban J connectivity index is 2.17. The third-order valence-electron chi connectivity index (χ3n) is 3.64. The first-order valence-corrected chi connectivity index (χ1v) is 5.01. The van der Waals surface area contributed by atoms with Gasteiger partial charge in [0.1, 0.15) is 0 Å². The molecule has 68 valence electrons. The Morgan fingerprint density at radius 2 is 2.25 bits per heavy atom. The number of nitrogens with two attached hydrogens (primary N) is 1. The number of allylic oxidation sites excluding steroid dienone is 1. The van der Waals surface area contributed by atoms with Gasteiger partial charge in [-0.1, -0.05) is 25.5 Å². The molecule has 1 fully saturated rings. The van der Waals surface area contributed by atoms with Crippen molar-refractivity contribution in [3.63, 3.8) is 0 Å². The zero-order chi connectivity index (χ0) is 8.93. The third-order valence-corrected chi connectivity index (χ3v) is 3.64. The van der Waals surface area contributed by atoms with Crippen molar-refractivity contribution in [2.45, 2.75) is 39.7 Å². The minimum Gasteiger partial charge on any atom is -0.327 e. The molecule has 0 heterocycles. The van der Waals surface area contributed by atoms with E-state index in [1.54, 1.807) is 5.57 Å². The highest BCUT2D eigenvalue weighted by Gasteiger charge is 2.50. The summed E-state index contributed by atoms with van der Waals surface area (Å²) >= 11 is 0. The largest absolute Gasteiger partial charge is 0.327 e. The molecule has 0 aromatic heterocycles. The second kappa shape index (κ2) is 2.35. The normalized spacial score (nSPS) is 47.8. The predicted molar refractivity (Wildman–Crippen MR) is 51.7 cm³/mol. The molecule has 0 bridgehead atoms. The molecule has 0 aromatic rings. The van der Waals surface area contributed by atoms with Crippen LogP contribution in [0.25, 0.3) is 0 Å². The Bertz CT molecular complexity index is 229. The Hall–Kier alpha value is -0.300. The average molecular weight is 165 g/mol. The smallest absolute Gasteiger partial charge is 0.00766 e. The number of hydrogen-bond acceptors (Lipinski definition) is 1. The molecule has 1 saturated carbocycles. The zero-order valence-corrected chi connectivity index (χ0v) is 8.30. The van der Waals surface area contributed by atoms with Gasteiger partial charge in [0.05, 0.1) is 0 Å². The van der Waals surface area contributed by atoms with Crippen molar-refractivity contribution < 1.29 is 0 Å². The lowest BCUT2D eigenvalue weighted by molar-refractivity contribution is 0.164. The minimum atomic E-state index is 0.356. The van der Waals surface area contributed by atoms with E-state index in [1.807, 2.05) is 0 Å². The summed E-state index contributed by atoms with van der Waals surface area (Å²) in [6, 6.07) is 0.356. The summed E-state index contributed by atoms with van der Waals surface area (Å²) in [5.41, 5.74) is 8.11. The molecule has 12 heavy (non-hydrogen) atoms. The molecule has 2 aliphatic rings. The van der Waals surface area contributed by atoms with Crippen LogP contribution in [0.2, 0.25) is 0 Å². The molecule has 0 saturated heterocycles. The van der Waals surface area contributed by atoms with Crippen molar-refractivity contribution in [3.8, 4) is 0 Å². The van der Waals surface area contributed by atoms with Gasteiger partial charge >= 0.3 is 0 Å². The van der Waals surface area contributed by atoms with Crippen molar-refractivity contribution in [2.24, 2.45) is 23.0 Å². The second-order valence-corrected chi connectivity index (χ2v) is 5.03. The summed E-state index contributed by atoms with van der Waals surface area (Å²) in [4.78, 5) is 0. The zero-order valence-electron chi connectivity index (χ0n) is 8.30. The Morgan fingerprint density at radius 3 is 2.75 bits per heavy atom. The number of rotatable bonds is 1. The van der Waals surface area contributed by atoms with Crippen LogP contribution in [0.1, 0.15) is 33.6 Å². The third kappa shape index (κ3) is 0.957. The standard InChI is InChI=1S/C11H19N/c1-7-4-10-9(8(2)12)6-11(10,3)5-7/h4,7-9H,5-6,12H2,1-3H3. The van der Waals surface area contributed by atoms with Gasteiger partial charge in [0.25, 0.3) is 0 Å². The summed E-state index contributed by atoms with van der Waals surface area (Å²) in [6.07, 6.45) is 5.13. The fourth-order valence-corrected chi connectivity index (χ4v) is 3.10. The van der Waals surface area contributed by atoms with Crippen LogP contribution in [0.3, 0.4) is 0 Å². The van der Waals surface area contributed by atoms with E-state index in [0.29, 0.717) is 17.4 Å². The van der Waals surface area contributed by atoms with E-state index < -0.39 is 0 Å². The van der Waals surface area contributed by atoms with Crippen molar-refractivity contribution in [3.05, 3.63) is 11.6 Å². The molecule has 2 aliphatic carbocycles. The van der Waals surface area contributed by atoms with Gasteiger partial charge in [0.15, 0.2) is 0 Å². The summed E-state index contributed by atoms with van der Waals surface area (Å²) < 4.78 is 0. The van der Waals surface area contributed by atoms with Crippen molar-refractivity contribution in [1.29, 1.82) is 0 Å². The summed E-state index contributed by atoms with van der Waals surface area (Å²) in [6.45, 7) is 6.84. The first-order valence-electron chi connectivity index (χ1n) is 5.01. The van der Waals surface area contributed by atoms with E-state index in [2.05, 4.69) is 26.8 Å². The maximum absolute atomic E-state index is 5.92. The van der Waals surface area contributed by atoms with Gasteiger partial charge in [0, 0.05) is 6.04 Å². The first-order chi connectivity index (χ1) is 5.53. The van der Waals surface area contributed by atoms with Gasteiger partial charge in [-0.25, -0.2) is 0 Å². The van der Waals surface area contributed by atoms with Crippen molar-refractivity contribution in [2.75, 3.05) is 0 Å². The maximum Gasteiger partial charge on any atom is 0.00766 e. The highest BCUT2D eigenvalue weighted by atomic mass is 14.7. The van der Waals surface area contributed by atoms with E-state index in [9.17, 15) is 0 Å². The van der Waals surface area contributed by atoms with Gasteiger partial charge in [0.2, 0.25) is 0 Å². The number of fused-ring (bicyclic) bond motifs is 1. The fraction of sp³-hybridized carbons (Fsp3) is 0.818. The fourth-order valence-electron chi connectivity index (χ4n) is 3.10. The lowest BCUT2D eigenvalue weighted by Crippen LogP contribution is -2.44.